The van der Waals surface area contributed by atoms with Gasteiger partial charge in [0.25, 0.3) is 21.6 Å². The standard InChI is InChI=1S/C20H16BrN3O5S/c21-16-6-8-17(9-7-16)23-30(28,29)19-3-1-2-15(12-19)20(25)22-13-14-4-10-18(11-5-14)24(26)27/h1-12,23H,13H2,(H,22,25). The van der Waals surface area contributed by atoms with Crippen molar-refractivity contribution in [2.24, 2.45) is 0 Å². The third-order valence-electron chi connectivity index (χ3n) is 4.10. The number of benzene rings is 3. The van der Waals surface area contributed by atoms with Crippen molar-refractivity contribution in [3.05, 3.63) is 98.5 Å². The number of carbonyl (C=O) groups excluding carboxylic acids is 1. The van der Waals surface area contributed by atoms with E-state index in [1.807, 2.05) is 0 Å². The summed E-state index contributed by atoms with van der Waals surface area (Å²) in [6.45, 7) is 0.144. The molecule has 0 aliphatic rings. The second-order valence-electron chi connectivity index (χ2n) is 6.25. The second kappa shape index (κ2) is 9.06. The van der Waals surface area contributed by atoms with Gasteiger partial charge >= 0.3 is 0 Å². The number of sulfonamides is 1. The number of amides is 1. The molecule has 30 heavy (non-hydrogen) atoms. The fourth-order valence-electron chi connectivity index (χ4n) is 2.56. The van der Waals surface area contributed by atoms with E-state index in [4.69, 9.17) is 0 Å². The first-order chi connectivity index (χ1) is 14.2. The Labute approximate surface area is 181 Å². The van der Waals surface area contributed by atoms with Crippen molar-refractivity contribution in [3.8, 4) is 0 Å². The van der Waals surface area contributed by atoms with Crippen molar-refractivity contribution in [1.29, 1.82) is 0 Å². The van der Waals surface area contributed by atoms with Crippen molar-refractivity contribution in [2.75, 3.05) is 4.72 Å². The molecule has 0 saturated carbocycles. The molecule has 0 unspecified atom stereocenters. The Morgan fingerprint density at radius 1 is 1.00 bits per heavy atom. The second-order valence-corrected chi connectivity index (χ2v) is 8.84. The highest BCUT2D eigenvalue weighted by atomic mass is 79.9. The van der Waals surface area contributed by atoms with Crippen molar-refractivity contribution < 1.29 is 18.1 Å². The van der Waals surface area contributed by atoms with Crippen LogP contribution in [0, 0.1) is 10.1 Å². The third kappa shape index (κ3) is 5.43. The Bertz CT molecular complexity index is 1180. The van der Waals surface area contributed by atoms with Crippen molar-refractivity contribution in [3.63, 3.8) is 0 Å². The van der Waals surface area contributed by atoms with Crippen LogP contribution in [-0.4, -0.2) is 19.2 Å². The molecule has 3 aromatic carbocycles. The van der Waals surface area contributed by atoms with Gasteiger partial charge in [-0.2, -0.15) is 0 Å². The highest BCUT2D eigenvalue weighted by molar-refractivity contribution is 9.10. The fourth-order valence-corrected chi connectivity index (χ4v) is 3.92. The van der Waals surface area contributed by atoms with E-state index >= 15 is 0 Å². The number of non-ortho nitro benzene ring substituents is 1. The van der Waals surface area contributed by atoms with Gasteiger partial charge < -0.3 is 5.32 Å². The molecule has 8 nitrogen and oxygen atoms in total. The first-order valence-electron chi connectivity index (χ1n) is 8.64. The molecule has 3 aromatic rings. The zero-order valence-corrected chi connectivity index (χ0v) is 17.8. The number of carbonyl (C=O) groups is 1. The highest BCUT2D eigenvalue weighted by Crippen LogP contribution is 2.19. The molecule has 0 bridgehead atoms. The maximum Gasteiger partial charge on any atom is 0.269 e. The normalized spacial score (nSPS) is 11.0. The molecule has 0 aliphatic heterocycles. The third-order valence-corrected chi connectivity index (χ3v) is 6.01. The average molecular weight is 490 g/mol. The van der Waals surface area contributed by atoms with Crippen LogP contribution < -0.4 is 10.0 Å². The SMILES string of the molecule is O=C(NCc1ccc([N+](=O)[O-])cc1)c1cccc(S(=O)(=O)Nc2ccc(Br)cc2)c1. The Kier molecular flexibility index (Phi) is 6.48. The van der Waals surface area contributed by atoms with E-state index in [0.29, 0.717) is 11.3 Å². The summed E-state index contributed by atoms with van der Waals surface area (Å²) < 4.78 is 28.5. The van der Waals surface area contributed by atoms with Crippen LogP contribution in [0.2, 0.25) is 0 Å². The molecule has 2 N–H and O–H groups in total. The summed E-state index contributed by atoms with van der Waals surface area (Å²) in [5, 5.41) is 13.4. The van der Waals surface area contributed by atoms with Crippen molar-refractivity contribution >= 4 is 43.2 Å². The monoisotopic (exact) mass is 489 g/mol. The van der Waals surface area contributed by atoms with E-state index in [2.05, 4.69) is 26.0 Å². The lowest BCUT2D eigenvalue weighted by atomic mass is 10.2. The molecule has 1 amide bonds. The number of nitrogens with zero attached hydrogens (tertiary/aromatic N) is 1. The van der Waals surface area contributed by atoms with Gasteiger partial charge in [0.15, 0.2) is 0 Å². The number of rotatable bonds is 7. The quantitative estimate of drug-likeness (QED) is 0.382. The lowest BCUT2D eigenvalue weighted by Crippen LogP contribution is -2.23. The van der Waals surface area contributed by atoms with E-state index in [1.54, 1.807) is 36.4 Å². The van der Waals surface area contributed by atoms with E-state index < -0.39 is 20.9 Å². The molecule has 0 aliphatic carbocycles. The predicted octanol–water partition coefficient (Wildman–Crippen LogP) is 4.09. The maximum absolute atomic E-state index is 12.6. The molecule has 154 valence electrons. The average Bonchev–Trinajstić information content (AvgIpc) is 2.74. The number of hydrogen-bond acceptors (Lipinski definition) is 5. The van der Waals surface area contributed by atoms with Gasteiger partial charge in [-0.05, 0) is 48.0 Å². The highest BCUT2D eigenvalue weighted by Gasteiger charge is 2.16. The van der Waals surface area contributed by atoms with Crippen LogP contribution in [0.1, 0.15) is 15.9 Å². The summed E-state index contributed by atoms with van der Waals surface area (Å²) in [4.78, 5) is 22.6. The van der Waals surface area contributed by atoms with Crippen LogP contribution in [-0.2, 0) is 16.6 Å². The first-order valence-corrected chi connectivity index (χ1v) is 10.9. The Morgan fingerprint density at radius 3 is 2.30 bits per heavy atom. The molecule has 0 spiro atoms. The van der Waals surface area contributed by atoms with Gasteiger partial charge in [0, 0.05) is 34.4 Å². The van der Waals surface area contributed by atoms with Gasteiger partial charge in [0.2, 0.25) is 0 Å². The minimum absolute atomic E-state index is 0.0405. The van der Waals surface area contributed by atoms with Crippen molar-refractivity contribution in [2.45, 2.75) is 11.4 Å². The summed E-state index contributed by atoms with van der Waals surface area (Å²) in [7, 11) is -3.87. The summed E-state index contributed by atoms with van der Waals surface area (Å²) in [5.41, 5.74) is 1.21. The van der Waals surface area contributed by atoms with Gasteiger partial charge in [0.1, 0.15) is 0 Å². The number of nitrogens with one attached hydrogen (secondary N) is 2. The first kappa shape index (κ1) is 21.5. The number of halogens is 1. The molecule has 0 fully saturated rings. The summed E-state index contributed by atoms with van der Waals surface area (Å²) in [6, 6.07) is 18.1. The van der Waals surface area contributed by atoms with E-state index in [-0.39, 0.29) is 22.7 Å². The molecule has 3 rings (SSSR count). The van der Waals surface area contributed by atoms with E-state index in [0.717, 1.165) is 4.47 Å². The zero-order valence-electron chi connectivity index (χ0n) is 15.4. The lowest BCUT2D eigenvalue weighted by Gasteiger charge is -2.10. The molecule has 0 radical (unpaired) electrons. The Balaban J connectivity index is 1.69. The number of anilines is 1. The smallest absolute Gasteiger partial charge is 0.269 e. The summed E-state index contributed by atoms with van der Waals surface area (Å²) in [6.07, 6.45) is 0. The molecule has 0 heterocycles. The van der Waals surface area contributed by atoms with Gasteiger partial charge in [-0.1, -0.05) is 34.1 Å². The van der Waals surface area contributed by atoms with E-state index in [1.165, 1.54) is 36.4 Å². The van der Waals surface area contributed by atoms with Crippen LogP contribution in [0.3, 0.4) is 0 Å². The van der Waals surface area contributed by atoms with Crippen LogP contribution >= 0.6 is 15.9 Å². The number of nitro groups is 1. The van der Waals surface area contributed by atoms with Gasteiger partial charge in [-0.3, -0.25) is 19.6 Å². The lowest BCUT2D eigenvalue weighted by molar-refractivity contribution is -0.384. The van der Waals surface area contributed by atoms with Crippen molar-refractivity contribution in [1.82, 2.24) is 5.32 Å². The van der Waals surface area contributed by atoms with Crippen LogP contribution in [0.5, 0.6) is 0 Å². The molecule has 10 heteroatoms. The Hall–Kier alpha value is -3.24. The van der Waals surface area contributed by atoms with Crippen LogP contribution in [0.4, 0.5) is 11.4 Å². The molecular formula is C20H16BrN3O5S. The number of nitro benzene ring substituents is 1. The van der Waals surface area contributed by atoms with Crippen LogP contribution in [0.25, 0.3) is 0 Å². The predicted molar refractivity (Wildman–Crippen MR) is 116 cm³/mol. The fraction of sp³-hybridized carbons (Fsp3) is 0.0500. The molecular weight excluding hydrogens is 474 g/mol. The number of hydrogen-bond donors (Lipinski definition) is 2. The summed E-state index contributed by atoms with van der Waals surface area (Å²) >= 11 is 3.29. The topological polar surface area (TPSA) is 118 Å². The minimum Gasteiger partial charge on any atom is -0.348 e. The molecule has 0 atom stereocenters. The summed E-state index contributed by atoms with van der Waals surface area (Å²) in [5.74, 6) is -0.464. The van der Waals surface area contributed by atoms with Gasteiger partial charge in [0.05, 0.1) is 9.82 Å². The minimum atomic E-state index is -3.87. The van der Waals surface area contributed by atoms with Gasteiger partial charge in [-0.15, -0.1) is 0 Å². The van der Waals surface area contributed by atoms with Gasteiger partial charge in [-0.25, -0.2) is 8.42 Å². The van der Waals surface area contributed by atoms with Crippen LogP contribution in [0.15, 0.2) is 82.2 Å². The molecule has 0 aromatic heterocycles. The Morgan fingerprint density at radius 2 is 1.67 bits per heavy atom. The maximum atomic E-state index is 12.6. The zero-order chi connectivity index (χ0) is 21.7. The molecule has 0 saturated heterocycles. The van der Waals surface area contributed by atoms with E-state index in [9.17, 15) is 23.3 Å². The largest absolute Gasteiger partial charge is 0.348 e.